The molecule has 68 valence electrons. The normalized spacial score (nSPS) is 10.3. The predicted octanol–water partition coefficient (Wildman–Crippen LogP) is 1.73. The summed E-state index contributed by atoms with van der Waals surface area (Å²) in [7, 11) is 0. The predicted molar refractivity (Wildman–Crippen MR) is 52.8 cm³/mol. The molecule has 0 saturated carbocycles. The van der Waals surface area contributed by atoms with Crippen molar-refractivity contribution in [1.82, 2.24) is 5.43 Å². The Bertz CT molecular complexity index is 314. The van der Waals surface area contributed by atoms with Crippen LogP contribution in [-0.2, 0) is 0 Å². The molecule has 0 heterocycles. The first-order valence-corrected chi connectivity index (χ1v) is 4.08. The van der Waals surface area contributed by atoms with Gasteiger partial charge in [-0.05, 0) is 26.0 Å². The van der Waals surface area contributed by atoms with Crippen LogP contribution in [0.2, 0.25) is 0 Å². The Morgan fingerprint density at radius 3 is 2.54 bits per heavy atom. The molecule has 1 aromatic rings. The number of rotatable bonds is 2. The Morgan fingerprint density at radius 1 is 1.38 bits per heavy atom. The second kappa shape index (κ2) is 4.40. The van der Waals surface area contributed by atoms with E-state index in [9.17, 15) is 4.79 Å². The molecular formula is C10H12N2O. The van der Waals surface area contributed by atoms with Crippen LogP contribution >= 0.6 is 0 Å². The maximum absolute atomic E-state index is 11.3. The van der Waals surface area contributed by atoms with E-state index in [2.05, 4.69) is 10.5 Å². The molecule has 0 aliphatic carbocycles. The van der Waals surface area contributed by atoms with Crippen LogP contribution in [-0.4, -0.2) is 12.1 Å². The molecule has 3 nitrogen and oxygen atoms in total. The number of nitrogens with one attached hydrogen (secondary N) is 1. The summed E-state index contributed by atoms with van der Waals surface area (Å²) in [4.78, 5) is 11.3. The summed E-state index contributed by atoms with van der Waals surface area (Å²) in [5.74, 6) is -0.182. The summed E-state index contributed by atoms with van der Waals surface area (Å²) in [6.07, 6.45) is 1.53. The van der Waals surface area contributed by atoms with Crippen LogP contribution in [0.4, 0.5) is 0 Å². The highest BCUT2D eigenvalue weighted by atomic mass is 16.2. The van der Waals surface area contributed by atoms with Gasteiger partial charge in [0, 0.05) is 11.8 Å². The van der Waals surface area contributed by atoms with Crippen molar-refractivity contribution in [2.24, 2.45) is 5.10 Å². The lowest BCUT2D eigenvalue weighted by Gasteiger charge is -1.99. The average Bonchev–Trinajstić information content (AvgIpc) is 2.15. The number of nitrogens with zero attached hydrogens (tertiary/aromatic N) is 1. The molecule has 0 fully saturated rings. The molecule has 1 N–H and O–H groups in total. The van der Waals surface area contributed by atoms with Gasteiger partial charge in [0.15, 0.2) is 0 Å². The van der Waals surface area contributed by atoms with Crippen LogP contribution in [0.1, 0.15) is 22.8 Å². The maximum atomic E-state index is 11.3. The SMILES string of the molecule is C/C=N\NC(=O)c1ccc(C)cc1. The van der Waals surface area contributed by atoms with Crippen molar-refractivity contribution < 1.29 is 4.79 Å². The quantitative estimate of drug-likeness (QED) is 0.541. The smallest absolute Gasteiger partial charge is 0.267 e. The molecule has 13 heavy (non-hydrogen) atoms. The fraction of sp³-hybridized carbons (Fsp3) is 0.200. The Kier molecular flexibility index (Phi) is 3.20. The first kappa shape index (κ1) is 9.45. The van der Waals surface area contributed by atoms with Crippen LogP contribution in [0, 0.1) is 6.92 Å². The van der Waals surface area contributed by atoms with Gasteiger partial charge in [-0.15, -0.1) is 0 Å². The third-order valence-corrected chi connectivity index (χ3v) is 1.61. The number of aryl methyl sites for hydroxylation is 1. The second-order valence-electron chi connectivity index (χ2n) is 2.69. The van der Waals surface area contributed by atoms with Gasteiger partial charge in [0.05, 0.1) is 0 Å². The standard InChI is InChI=1S/C10H12N2O/c1-3-11-12-10(13)9-6-4-8(2)5-7-9/h3-7H,1-2H3,(H,12,13)/b11-3-. The first-order valence-electron chi connectivity index (χ1n) is 4.08. The van der Waals surface area contributed by atoms with Gasteiger partial charge in [0.2, 0.25) is 0 Å². The average molecular weight is 176 g/mol. The minimum absolute atomic E-state index is 0.182. The van der Waals surface area contributed by atoms with Crippen molar-refractivity contribution in [2.45, 2.75) is 13.8 Å². The molecule has 1 amide bonds. The number of hydrogen-bond acceptors (Lipinski definition) is 2. The molecule has 0 spiro atoms. The number of amides is 1. The summed E-state index contributed by atoms with van der Waals surface area (Å²) >= 11 is 0. The Morgan fingerprint density at radius 2 is 2.00 bits per heavy atom. The van der Waals surface area contributed by atoms with Gasteiger partial charge in [0.1, 0.15) is 0 Å². The van der Waals surface area contributed by atoms with E-state index in [4.69, 9.17) is 0 Å². The third-order valence-electron chi connectivity index (χ3n) is 1.61. The van der Waals surface area contributed by atoms with Crippen LogP contribution in [0.25, 0.3) is 0 Å². The number of hydrazone groups is 1. The van der Waals surface area contributed by atoms with Crippen LogP contribution in [0.5, 0.6) is 0 Å². The fourth-order valence-corrected chi connectivity index (χ4v) is 0.893. The lowest BCUT2D eigenvalue weighted by atomic mass is 10.1. The zero-order valence-corrected chi connectivity index (χ0v) is 7.74. The first-order chi connectivity index (χ1) is 6.24. The van der Waals surface area contributed by atoms with Crippen molar-refractivity contribution in [3.8, 4) is 0 Å². The molecule has 0 aliphatic rings. The Balaban J connectivity index is 2.72. The van der Waals surface area contributed by atoms with Gasteiger partial charge in [-0.25, -0.2) is 5.43 Å². The van der Waals surface area contributed by atoms with E-state index in [-0.39, 0.29) is 5.91 Å². The zero-order valence-electron chi connectivity index (χ0n) is 7.74. The van der Waals surface area contributed by atoms with E-state index < -0.39 is 0 Å². The summed E-state index contributed by atoms with van der Waals surface area (Å²) in [6, 6.07) is 7.33. The topological polar surface area (TPSA) is 41.5 Å². The number of benzene rings is 1. The summed E-state index contributed by atoms with van der Waals surface area (Å²) in [5, 5.41) is 3.65. The van der Waals surface area contributed by atoms with Crippen LogP contribution in [0.15, 0.2) is 29.4 Å². The maximum Gasteiger partial charge on any atom is 0.271 e. The molecule has 0 radical (unpaired) electrons. The van der Waals surface area contributed by atoms with E-state index in [1.807, 2.05) is 19.1 Å². The molecule has 0 saturated heterocycles. The highest BCUT2D eigenvalue weighted by Crippen LogP contribution is 2.02. The van der Waals surface area contributed by atoms with Crippen molar-refractivity contribution in [3.05, 3.63) is 35.4 Å². The fourth-order valence-electron chi connectivity index (χ4n) is 0.893. The third kappa shape index (κ3) is 2.71. The van der Waals surface area contributed by atoms with Crippen molar-refractivity contribution in [2.75, 3.05) is 0 Å². The highest BCUT2D eigenvalue weighted by molar-refractivity contribution is 5.94. The number of carbonyl (C=O) groups is 1. The van der Waals surface area contributed by atoms with Gasteiger partial charge >= 0.3 is 0 Å². The van der Waals surface area contributed by atoms with Gasteiger partial charge in [0.25, 0.3) is 5.91 Å². The highest BCUT2D eigenvalue weighted by Gasteiger charge is 2.01. The van der Waals surface area contributed by atoms with E-state index in [1.54, 1.807) is 19.1 Å². The largest absolute Gasteiger partial charge is 0.271 e. The van der Waals surface area contributed by atoms with Crippen molar-refractivity contribution in [1.29, 1.82) is 0 Å². The van der Waals surface area contributed by atoms with Gasteiger partial charge in [-0.2, -0.15) is 5.10 Å². The molecule has 0 aromatic heterocycles. The van der Waals surface area contributed by atoms with E-state index in [0.717, 1.165) is 5.56 Å². The van der Waals surface area contributed by atoms with E-state index in [0.29, 0.717) is 5.56 Å². The number of hydrogen-bond donors (Lipinski definition) is 1. The molecule has 1 rings (SSSR count). The molecule has 0 unspecified atom stereocenters. The van der Waals surface area contributed by atoms with E-state index in [1.165, 1.54) is 6.21 Å². The summed E-state index contributed by atoms with van der Waals surface area (Å²) in [6.45, 7) is 3.72. The minimum atomic E-state index is -0.182. The molecule has 0 bridgehead atoms. The van der Waals surface area contributed by atoms with Gasteiger partial charge in [-0.1, -0.05) is 17.7 Å². The van der Waals surface area contributed by atoms with Crippen molar-refractivity contribution >= 4 is 12.1 Å². The molecule has 0 aliphatic heterocycles. The van der Waals surface area contributed by atoms with Crippen molar-refractivity contribution in [3.63, 3.8) is 0 Å². The summed E-state index contributed by atoms with van der Waals surface area (Å²) in [5.41, 5.74) is 4.15. The molecule has 0 atom stereocenters. The Labute approximate surface area is 77.5 Å². The molecule has 1 aromatic carbocycles. The second-order valence-corrected chi connectivity index (χ2v) is 2.69. The zero-order chi connectivity index (χ0) is 9.68. The number of carbonyl (C=O) groups excluding carboxylic acids is 1. The Hall–Kier alpha value is -1.64. The van der Waals surface area contributed by atoms with Gasteiger partial charge in [-0.3, -0.25) is 4.79 Å². The van der Waals surface area contributed by atoms with Crippen LogP contribution < -0.4 is 5.43 Å². The van der Waals surface area contributed by atoms with E-state index >= 15 is 0 Å². The molecule has 3 heteroatoms. The monoisotopic (exact) mass is 176 g/mol. The van der Waals surface area contributed by atoms with Crippen LogP contribution in [0.3, 0.4) is 0 Å². The molecular weight excluding hydrogens is 164 g/mol. The van der Waals surface area contributed by atoms with Gasteiger partial charge < -0.3 is 0 Å². The lowest BCUT2D eigenvalue weighted by molar-refractivity contribution is 0.0955. The summed E-state index contributed by atoms with van der Waals surface area (Å²) < 4.78 is 0. The minimum Gasteiger partial charge on any atom is -0.267 e. The lowest BCUT2D eigenvalue weighted by Crippen LogP contribution is -2.16.